The predicted octanol–water partition coefficient (Wildman–Crippen LogP) is 0.910. The van der Waals surface area contributed by atoms with Gasteiger partial charge < -0.3 is 19.8 Å². The zero-order valence-corrected chi connectivity index (χ0v) is 13.5. The first kappa shape index (κ1) is 17.0. The van der Waals surface area contributed by atoms with Gasteiger partial charge in [0.1, 0.15) is 5.75 Å². The summed E-state index contributed by atoms with van der Waals surface area (Å²) in [6.07, 6.45) is -0.405. The number of aliphatic hydroxyl groups is 1. The first-order valence-electron chi connectivity index (χ1n) is 7.06. The Labute approximate surface area is 134 Å². The van der Waals surface area contributed by atoms with Crippen molar-refractivity contribution in [1.29, 1.82) is 0 Å². The van der Waals surface area contributed by atoms with E-state index in [0.717, 1.165) is 12.1 Å². The summed E-state index contributed by atoms with van der Waals surface area (Å²) in [5.41, 5.74) is 0.820. The average Bonchev–Trinajstić information content (AvgIpc) is 2.78. The maximum Gasteiger partial charge on any atom is 0.341 e. The molecule has 1 aliphatic rings. The van der Waals surface area contributed by atoms with Gasteiger partial charge in [-0.05, 0) is 32.3 Å². The van der Waals surface area contributed by atoms with Gasteiger partial charge in [-0.15, -0.1) is 0 Å². The first-order chi connectivity index (χ1) is 10.4. The molecule has 1 fully saturated rings. The number of benzene rings is 1. The van der Waals surface area contributed by atoms with Gasteiger partial charge in [-0.2, -0.15) is 0 Å². The molecule has 1 aromatic carbocycles. The molecule has 0 bridgehead atoms. The molecule has 1 aliphatic heterocycles. The van der Waals surface area contributed by atoms with E-state index in [4.69, 9.17) is 21.4 Å². The molecule has 122 valence electrons. The first-order valence-corrected chi connectivity index (χ1v) is 7.44. The van der Waals surface area contributed by atoms with E-state index >= 15 is 0 Å². The third-order valence-corrected chi connectivity index (χ3v) is 4.00. The van der Waals surface area contributed by atoms with Gasteiger partial charge in [-0.1, -0.05) is 11.6 Å². The Hall–Kier alpha value is -1.34. The summed E-state index contributed by atoms with van der Waals surface area (Å²) in [4.78, 5) is 14.8. The fourth-order valence-electron chi connectivity index (χ4n) is 2.68. The summed E-state index contributed by atoms with van der Waals surface area (Å²) < 4.78 is 5.31. The Morgan fingerprint density at radius 1 is 1.45 bits per heavy atom. The number of hydrogen-bond acceptors (Lipinski definition) is 5. The SMILES string of the molecule is CN(C)[C@H]1CN(Cc2cc(Cl)ccc2OCC(=O)O)C[C@@H]1O. The van der Waals surface area contributed by atoms with Crippen LogP contribution in [0.15, 0.2) is 18.2 Å². The average molecular weight is 329 g/mol. The Balaban J connectivity index is 2.08. The molecule has 0 aromatic heterocycles. The van der Waals surface area contributed by atoms with E-state index in [1.54, 1.807) is 18.2 Å². The summed E-state index contributed by atoms with van der Waals surface area (Å²) in [6, 6.07) is 5.21. The van der Waals surface area contributed by atoms with Gasteiger partial charge in [0.25, 0.3) is 0 Å². The number of hydrogen-bond donors (Lipinski definition) is 2. The van der Waals surface area contributed by atoms with E-state index in [0.29, 0.717) is 23.9 Å². The number of β-amino-alcohol motifs (C(OH)–C–C–N with tert-alkyl or cyclic N) is 1. The molecule has 0 unspecified atom stereocenters. The molecule has 1 aromatic rings. The second-order valence-electron chi connectivity index (χ2n) is 5.73. The number of likely N-dealkylation sites (tertiary alicyclic amines) is 1. The number of aliphatic carboxylic acids is 1. The molecule has 6 nitrogen and oxygen atoms in total. The minimum atomic E-state index is -1.02. The minimum Gasteiger partial charge on any atom is -0.482 e. The Kier molecular flexibility index (Phi) is 5.63. The molecule has 1 heterocycles. The molecule has 0 aliphatic carbocycles. The molecule has 22 heavy (non-hydrogen) atoms. The van der Waals surface area contributed by atoms with Crippen molar-refractivity contribution in [2.45, 2.75) is 18.7 Å². The van der Waals surface area contributed by atoms with E-state index in [-0.39, 0.29) is 6.04 Å². The molecular weight excluding hydrogens is 308 g/mol. The summed E-state index contributed by atoms with van der Waals surface area (Å²) in [7, 11) is 3.89. The fraction of sp³-hybridized carbons (Fsp3) is 0.533. The van der Waals surface area contributed by atoms with Crippen LogP contribution in [0.3, 0.4) is 0 Å². The number of carbonyl (C=O) groups is 1. The lowest BCUT2D eigenvalue weighted by atomic mass is 10.2. The van der Waals surface area contributed by atoms with Crippen LogP contribution in [0.4, 0.5) is 0 Å². The third kappa shape index (κ3) is 4.33. The number of rotatable bonds is 6. The van der Waals surface area contributed by atoms with Crippen molar-refractivity contribution in [3.05, 3.63) is 28.8 Å². The molecule has 0 amide bonds. The van der Waals surface area contributed by atoms with Gasteiger partial charge in [-0.3, -0.25) is 4.90 Å². The lowest BCUT2D eigenvalue weighted by molar-refractivity contribution is -0.139. The van der Waals surface area contributed by atoms with Crippen LogP contribution in [-0.2, 0) is 11.3 Å². The molecule has 7 heteroatoms. The molecule has 2 N–H and O–H groups in total. The molecule has 1 saturated heterocycles. The lowest BCUT2D eigenvalue weighted by Crippen LogP contribution is -2.37. The third-order valence-electron chi connectivity index (χ3n) is 3.77. The summed E-state index contributed by atoms with van der Waals surface area (Å²) >= 11 is 6.02. The van der Waals surface area contributed by atoms with Crippen LogP contribution in [0.2, 0.25) is 5.02 Å². The number of ether oxygens (including phenoxy) is 1. The second kappa shape index (κ2) is 7.28. The van der Waals surface area contributed by atoms with Crippen molar-refractivity contribution in [1.82, 2.24) is 9.80 Å². The van der Waals surface area contributed by atoms with Crippen LogP contribution in [-0.4, -0.2) is 71.9 Å². The quantitative estimate of drug-likeness (QED) is 0.808. The van der Waals surface area contributed by atoms with Crippen LogP contribution >= 0.6 is 11.6 Å². The highest BCUT2D eigenvalue weighted by molar-refractivity contribution is 6.30. The standard InChI is InChI=1S/C15H21ClN2O4/c1-17(2)12-7-18(8-13(12)19)6-10-5-11(16)3-4-14(10)22-9-15(20)21/h3-5,12-13,19H,6-9H2,1-2H3,(H,20,21)/t12-,13-/m0/s1. The van der Waals surface area contributed by atoms with Gasteiger partial charge in [0, 0.05) is 36.3 Å². The van der Waals surface area contributed by atoms with Gasteiger partial charge in [-0.25, -0.2) is 4.79 Å². The smallest absolute Gasteiger partial charge is 0.341 e. The van der Waals surface area contributed by atoms with Crippen molar-refractivity contribution in [3.8, 4) is 5.75 Å². The number of carboxylic acid groups (broad SMARTS) is 1. The van der Waals surface area contributed by atoms with Gasteiger partial charge in [0.05, 0.1) is 6.10 Å². The number of likely N-dealkylation sites (N-methyl/N-ethyl adjacent to an activating group) is 1. The molecule has 2 atom stereocenters. The van der Waals surface area contributed by atoms with E-state index in [1.807, 2.05) is 19.0 Å². The lowest BCUT2D eigenvalue weighted by Gasteiger charge is -2.22. The zero-order chi connectivity index (χ0) is 16.3. The topological polar surface area (TPSA) is 73.2 Å². The number of carboxylic acids is 1. The van der Waals surface area contributed by atoms with Crippen molar-refractivity contribution in [2.75, 3.05) is 33.8 Å². The maximum absolute atomic E-state index is 10.7. The Bertz CT molecular complexity index is 538. The zero-order valence-electron chi connectivity index (χ0n) is 12.7. The number of nitrogens with zero attached hydrogens (tertiary/aromatic N) is 2. The Morgan fingerprint density at radius 3 is 2.77 bits per heavy atom. The van der Waals surface area contributed by atoms with Crippen LogP contribution in [0.5, 0.6) is 5.75 Å². The summed E-state index contributed by atoms with van der Waals surface area (Å²) in [5, 5.41) is 19.4. The molecule has 0 spiro atoms. The van der Waals surface area contributed by atoms with Crippen LogP contribution in [0, 0.1) is 0 Å². The van der Waals surface area contributed by atoms with E-state index in [1.165, 1.54) is 0 Å². The minimum absolute atomic E-state index is 0.0857. The van der Waals surface area contributed by atoms with Crippen molar-refractivity contribution in [3.63, 3.8) is 0 Å². The summed E-state index contributed by atoms with van der Waals surface area (Å²) in [6.45, 7) is 1.46. The second-order valence-corrected chi connectivity index (χ2v) is 6.16. The highest BCUT2D eigenvalue weighted by atomic mass is 35.5. The summed E-state index contributed by atoms with van der Waals surface area (Å²) in [5.74, 6) is -0.514. The van der Waals surface area contributed by atoms with Crippen LogP contribution < -0.4 is 4.74 Å². The van der Waals surface area contributed by atoms with Crippen molar-refractivity contribution < 1.29 is 19.7 Å². The van der Waals surface area contributed by atoms with Crippen molar-refractivity contribution >= 4 is 17.6 Å². The predicted molar refractivity (Wildman–Crippen MR) is 83.3 cm³/mol. The number of halogens is 1. The van der Waals surface area contributed by atoms with Gasteiger partial charge >= 0.3 is 5.97 Å². The van der Waals surface area contributed by atoms with Gasteiger partial charge in [0.2, 0.25) is 0 Å². The molecular formula is C15H21ClN2O4. The normalized spacial score (nSPS) is 22.2. The van der Waals surface area contributed by atoms with E-state index in [9.17, 15) is 9.90 Å². The monoisotopic (exact) mass is 328 g/mol. The molecule has 0 radical (unpaired) electrons. The maximum atomic E-state index is 10.7. The van der Waals surface area contributed by atoms with Crippen molar-refractivity contribution in [2.24, 2.45) is 0 Å². The largest absolute Gasteiger partial charge is 0.482 e. The van der Waals surface area contributed by atoms with Crippen LogP contribution in [0.1, 0.15) is 5.56 Å². The fourth-order valence-corrected chi connectivity index (χ4v) is 2.87. The molecule has 0 saturated carbocycles. The van der Waals surface area contributed by atoms with Crippen LogP contribution in [0.25, 0.3) is 0 Å². The van der Waals surface area contributed by atoms with E-state index in [2.05, 4.69) is 4.90 Å². The van der Waals surface area contributed by atoms with Gasteiger partial charge in [0.15, 0.2) is 6.61 Å². The highest BCUT2D eigenvalue weighted by Crippen LogP contribution is 2.26. The molecule has 2 rings (SSSR count). The number of aliphatic hydroxyl groups excluding tert-OH is 1. The Morgan fingerprint density at radius 2 is 2.18 bits per heavy atom. The highest BCUT2D eigenvalue weighted by Gasteiger charge is 2.32. The van der Waals surface area contributed by atoms with E-state index < -0.39 is 18.7 Å².